The van der Waals surface area contributed by atoms with Crippen LogP contribution >= 0.6 is 0 Å². The van der Waals surface area contributed by atoms with Gasteiger partial charge in [0.15, 0.2) is 0 Å². The lowest BCUT2D eigenvalue weighted by molar-refractivity contribution is 0.0394. The van der Waals surface area contributed by atoms with E-state index in [0.717, 1.165) is 30.2 Å². The second-order valence-corrected chi connectivity index (χ2v) is 7.39. The Labute approximate surface area is 118 Å². The lowest BCUT2D eigenvalue weighted by Gasteiger charge is -2.44. The summed E-state index contributed by atoms with van der Waals surface area (Å²) in [7, 11) is 0. The zero-order valence-electron chi connectivity index (χ0n) is 13.2. The van der Waals surface area contributed by atoms with Crippen LogP contribution in [0.5, 0.6) is 0 Å². The summed E-state index contributed by atoms with van der Waals surface area (Å²) in [6.45, 7) is 14.7. The normalized spacial score (nSPS) is 35.1. The molecule has 3 rings (SSSR count). The van der Waals surface area contributed by atoms with E-state index in [1.807, 2.05) is 0 Å². The van der Waals surface area contributed by atoms with Crippen molar-refractivity contribution >= 4 is 0 Å². The Morgan fingerprint density at radius 1 is 0.789 bits per heavy atom. The van der Waals surface area contributed by atoms with Crippen LogP contribution in [-0.2, 0) is 0 Å². The van der Waals surface area contributed by atoms with Gasteiger partial charge in [0.05, 0.1) is 0 Å². The fourth-order valence-electron chi connectivity index (χ4n) is 4.54. The lowest BCUT2D eigenvalue weighted by Crippen LogP contribution is -2.54. The van der Waals surface area contributed by atoms with Gasteiger partial charge in [0.2, 0.25) is 0 Å². The first-order valence-corrected chi connectivity index (χ1v) is 8.31. The van der Waals surface area contributed by atoms with Gasteiger partial charge in [-0.3, -0.25) is 9.80 Å². The highest BCUT2D eigenvalue weighted by molar-refractivity contribution is 5.03. The number of piperidine rings is 1. The molecule has 0 aromatic carbocycles. The van der Waals surface area contributed by atoms with Gasteiger partial charge < -0.3 is 4.90 Å². The van der Waals surface area contributed by atoms with Crippen molar-refractivity contribution in [2.45, 2.75) is 77.2 Å². The Morgan fingerprint density at radius 3 is 1.95 bits per heavy atom. The molecule has 0 spiro atoms. The third kappa shape index (κ3) is 2.57. The van der Waals surface area contributed by atoms with Crippen LogP contribution in [0.1, 0.15) is 47.0 Å². The van der Waals surface area contributed by atoms with Crippen LogP contribution in [0, 0.1) is 0 Å². The SMILES string of the molecule is CC(C)N1CCC(N2C[C@@H]3C[C@H]2CN3C(C)C)CC1. The Morgan fingerprint density at radius 2 is 1.47 bits per heavy atom. The molecule has 110 valence electrons. The maximum atomic E-state index is 2.86. The summed E-state index contributed by atoms with van der Waals surface area (Å²) in [6, 6.07) is 4.06. The quantitative estimate of drug-likeness (QED) is 0.773. The molecule has 0 N–H and O–H groups in total. The van der Waals surface area contributed by atoms with Gasteiger partial charge in [-0.25, -0.2) is 0 Å². The third-order valence-electron chi connectivity index (χ3n) is 5.69. The number of likely N-dealkylation sites (tertiary alicyclic amines) is 3. The highest BCUT2D eigenvalue weighted by Gasteiger charge is 2.46. The zero-order chi connectivity index (χ0) is 13.6. The summed E-state index contributed by atoms with van der Waals surface area (Å²) in [4.78, 5) is 8.23. The lowest BCUT2D eigenvalue weighted by atomic mass is 10.0. The van der Waals surface area contributed by atoms with Crippen molar-refractivity contribution in [1.29, 1.82) is 0 Å². The molecule has 3 heteroatoms. The minimum atomic E-state index is 0.729. The van der Waals surface area contributed by atoms with Gasteiger partial charge in [-0.2, -0.15) is 0 Å². The molecule has 3 aliphatic rings. The molecule has 19 heavy (non-hydrogen) atoms. The van der Waals surface area contributed by atoms with Crippen molar-refractivity contribution in [3.63, 3.8) is 0 Å². The molecule has 0 aliphatic carbocycles. The van der Waals surface area contributed by atoms with Crippen molar-refractivity contribution in [3.8, 4) is 0 Å². The molecule has 0 saturated carbocycles. The number of nitrogens with zero attached hydrogens (tertiary/aromatic N) is 3. The highest BCUT2D eigenvalue weighted by atomic mass is 15.4. The molecule has 2 atom stereocenters. The third-order valence-corrected chi connectivity index (χ3v) is 5.69. The van der Waals surface area contributed by atoms with Crippen molar-refractivity contribution in [1.82, 2.24) is 14.7 Å². The van der Waals surface area contributed by atoms with Crippen LogP contribution in [0.25, 0.3) is 0 Å². The molecule has 2 bridgehead atoms. The fraction of sp³-hybridized carbons (Fsp3) is 1.00. The molecule has 3 fully saturated rings. The molecule has 0 aromatic rings. The second kappa shape index (κ2) is 5.34. The van der Waals surface area contributed by atoms with Crippen molar-refractivity contribution in [2.75, 3.05) is 26.2 Å². The second-order valence-electron chi connectivity index (χ2n) is 7.39. The Kier molecular flexibility index (Phi) is 3.89. The molecule has 3 heterocycles. The molecule has 0 radical (unpaired) electrons. The van der Waals surface area contributed by atoms with E-state index in [4.69, 9.17) is 0 Å². The highest BCUT2D eigenvalue weighted by Crippen LogP contribution is 2.35. The van der Waals surface area contributed by atoms with E-state index >= 15 is 0 Å². The number of piperazine rings is 1. The average Bonchev–Trinajstić information content (AvgIpc) is 2.98. The van der Waals surface area contributed by atoms with Crippen LogP contribution in [-0.4, -0.2) is 71.1 Å². The molecule has 0 aromatic heterocycles. The Hall–Kier alpha value is -0.120. The molecular weight excluding hydrogens is 234 g/mol. The first kappa shape index (κ1) is 13.8. The standard InChI is InChI=1S/C16H31N3/c1-12(2)17-7-5-14(6-8-17)19-11-15-9-16(19)10-18(15)13(3)4/h12-16H,5-11H2,1-4H3/t15-,16-/m0/s1. The zero-order valence-corrected chi connectivity index (χ0v) is 13.2. The molecule has 0 amide bonds. The maximum Gasteiger partial charge on any atom is 0.0242 e. The van der Waals surface area contributed by atoms with Gasteiger partial charge in [-0.05, 0) is 60.0 Å². The van der Waals surface area contributed by atoms with Gasteiger partial charge in [0.1, 0.15) is 0 Å². The van der Waals surface area contributed by atoms with Crippen LogP contribution < -0.4 is 0 Å². The molecule has 3 nitrogen and oxygen atoms in total. The minimum Gasteiger partial charge on any atom is -0.301 e. The Bertz CT molecular complexity index is 307. The number of hydrogen-bond acceptors (Lipinski definition) is 3. The molecule has 3 aliphatic heterocycles. The van der Waals surface area contributed by atoms with E-state index in [-0.39, 0.29) is 0 Å². The van der Waals surface area contributed by atoms with Crippen molar-refractivity contribution in [2.24, 2.45) is 0 Å². The maximum absolute atomic E-state index is 2.86. The summed E-state index contributed by atoms with van der Waals surface area (Å²) in [5, 5.41) is 0. The van der Waals surface area contributed by atoms with Gasteiger partial charge in [0, 0.05) is 43.3 Å². The van der Waals surface area contributed by atoms with Crippen molar-refractivity contribution < 1.29 is 0 Å². The molecule has 0 unspecified atom stereocenters. The van der Waals surface area contributed by atoms with Gasteiger partial charge in [-0.1, -0.05) is 0 Å². The fourth-order valence-corrected chi connectivity index (χ4v) is 4.54. The van der Waals surface area contributed by atoms with E-state index in [2.05, 4.69) is 42.4 Å². The van der Waals surface area contributed by atoms with Crippen LogP contribution in [0.4, 0.5) is 0 Å². The van der Waals surface area contributed by atoms with Gasteiger partial charge in [-0.15, -0.1) is 0 Å². The molecular formula is C16H31N3. The van der Waals surface area contributed by atoms with Gasteiger partial charge in [0.25, 0.3) is 0 Å². The summed E-state index contributed by atoms with van der Waals surface area (Å²) >= 11 is 0. The first-order valence-electron chi connectivity index (χ1n) is 8.31. The summed E-state index contributed by atoms with van der Waals surface area (Å²) in [5.74, 6) is 0. The number of hydrogen-bond donors (Lipinski definition) is 0. The van der Waals surface area contributed by atoms with E-state index in [1.165, 1.54) is 45.4 Å². The number of rotatable bonds is 3. The minimum absolute atomic E-state index is 0.729. The van der Waals surface area contributed by atoms with E-state index < -0.39 is 0 Å². The number of fused-ring (bicyclic) bond motifs is 2. The predicted molar refractivity (Wildman–Crippen MR) is 80.5 cm³/mol. The van der Waals surface area contributed by atoms with Crippen molar-refractivity contribution in [3.05, 3.63) is 0 Å². The van der Waals surface area contributed by atoms with Crippen LogP contribution in [0.2, 0.25) is 0 Å². The van der Waals surface area contributed by atoms with E-state index in [9.17, 15) is 0 Å². The first-order chi connectivity index (χ1) is 9.06. The van der Waals surface area contributed by atoms with E-state index in [0.29, 0.717) is 0 Å². The predicted octanol–water partition coefficient (Wildman–Crippen LogP) is 2.03. The molecule has 3 saturated heterocycles. The van der Waals surface area contributed by atoms with E-state index in [1.54, 1.807) is 0 Å². The van der Waals surface area contributed by atoms with Crippen LogP contribution in [0.3, 0.4) is 0 Å². The summed E-state index contributed by atoms with van der Waals surface area (Å²) in [5.41, 5.74) is 0. The average molecular weight is 265 g/mol. The largest absolute Gasteiger partial charge is 0.301 e. The monoisotopic (exact) mass is 265 g/mol. The van der Waals surface area contributed by atoms with Crippen LogP contribution in [0.15, 0.2) is 0 Å². The Balaban J connectivity index is 1.54. The summed E-state index contributed by atoms with van der Waals surface area (Å²) in [6.07, 6.45) is 4.22. The summed E-state index contributed by atoms with van der Waals surface area (Å²) < 4.78 is 0. The van der Waals surface area contributed by atoms with Gasteiger partial charge >= 0.3 is 0 Å². The topological polar surface area (TPSA) is 9.72 Å². The smallest absolute Gasteiger partial charge is 0.0242 e.